The van der Waals surface area contributed by atoms with Crippen LogP contribution in [0.2, 0.25) is 0 Å². The van der Waals surface area contributed by atoms with E-state index in [0.717, 1.165) is 24.8 Å². The van der Waals surface area contributed by atoms with Gasteiger partial charge in [0.25, 0.3) is 0 Å². The van der Waals surface area contributed by atoms with Crippen molar-refractivity contribution in [2.45, 2.75) is 49.5 Å². The van der Waals surface area contributed by atoms with Crippen LogP contribution in [0.5, 0.6) is 0 Å². The van der Waals surface area contributed by atoms with Gasteiger partial charge in [-0.15, -0.1) is 24.0 Å². The number of sulfone groups is 1. The Labute approximate surface area is 185 Å². The van der Waals surface area contributed by atoms with Gasteiger partial charge in [-0.05, 0) is 37.0 Å². The maximum Gasteiger partial charge on any atom is 0.239 e. The highest BCUT2D eigenvalue weighted by atomic mass is 127. The average molecular weight is 522 g/mol. The Morgan fingerprint density at radius 3 is 2.32 bits per heavy atom. The molecule has 0 aliphatic heterocycles. The van der Waals surface area contributed by atoms with E-state index in [4.69, 9.17) is 0 Å². The highest BCUT2D eigenvalue weighted by molar-refractivity contribution is 14.0. The number of amides is 1. The van der Waals surface area contributed by atoms with Gasteiger partial charge in [-0.1, -0.05) is 31.4 Å². The number of hydrogen-bond acceptors (Lipinski definition) is 4. The molecule has 1 aromatic rings. The van der Waals surface area contributed by atoms with Crippen molar-refractivity contribution in [2.24, 2.45) is 4.99 Å². The van der Waals surface area contributed by atoms with Crippen LogP contribution in [0.25, 0.3) is 0 Å². The fraction of sp³-hybridized carbons (Fsp3) is 0.579. The molecule has 0 saturated heterocycles. The van der Waals surface area contributed by atoms with Crippen LogP contribution in [-0.4, -0.2) is 52.7 Å². The lowest BCUT2D eigenvalue weighted by atomic mass is 9.95. The lowest BCUT2D eigenvalue weighted by Crippen LogP contribution is -2.46. The SMILES string of the molecule is CN=C(NCCc1ccc(S(C)(=O)=O)cc1)NCC(=O)NC1CCCCC1.I. The van der Waals surface area contributed by atoms with E-state index in [1.807, 2.05) is 12.1 Å². The van der Waals surface area contributed by atoms with E-state index in [1.165, 1.54) is 25.5 Å². The van der Waals surface area contributed by atoms with Gasteiger partial charge in [0.05, 0.1) is 11.4 Å². The second-order valence-electron chi connectivity index (χ2n) is 6.92. The lowest BCUT2D eigenvalue weighted by Gasteiger charge is -2.23. The van der Waals surface area contributed by atoms with Gasteiger partial charge < -0.3 is 16.0 Å². The summed E-state index contributed by atoms with van der Waals surface area (Å²) in [5.74, 6) is 0.558. The summed E-state index contributed by atoms with van der Waals surface area (Å²) in [6, 6.07) is 7.16. The molecular weight excluding hydrogens is 491 g/mol. The van der Waals surface area contributed by atoms with Crippen molar-refractivity contribution in [1.82, 2.24) is 16.0 Å². The molecule has 158 valence electrons. The van der Waals surface area contributed by atoms with E-state index < -0.39 is 9.84 Å². The Hall–Kier alpha value is -1.36. The molecule has 0 unspecified atom stereocenters. The molecule has 0 atom stereocenters. The first kappa shape index (κ1) is 24.7. The fourth-order valence-corrected chi connectivity index (χ4v) is 3.77. The first-order valence-corrected chi connectivity index (χ1v) is 11.3. The normalized spacial score (nSPS) is 15.4. The number of rotatable bonds is 7. The van der Waals surface area contributed by atoms with Gasteiger partial charge in [-0.25, -0.2) is 8.42 Å². The van der Waals surface area contributed by atoms with Crippen LogP contribution in [0.3, 0.4) is 0 Å². The molecule has 0 heterocycles. The molecule has 0 aromatic heterocycles. The summed E-state index contributed by atoms with van der Waals surface area (Å²) in [5.41, 5.74) is 1.03. The molecule has 28 heavy (non-hydrogen) atoms. The molecule has 1 aliphatic carbocycles. The van der Waals surface area contributed by atoms with Crippen molar-refractivity contribution < 1.29 is 13.2 Å². The number of guanidine groups is 1. The summed E-state index contributed by atoms with van der Waals surface area (Å²) in [7, 11) is -1.50. The molecule has 1 amide bonds. The van der Waals surface area contributed by atoms with E-state index in [-0.39, 0.29) is 36.4 Å². The highest BCUT2D eigenvalue weighted by Gasteiger charge is 2.15. The average Bonchev–Trinajstić information content (AvgIpc) is 2.65. The predicted octanol–water partition coefficient (Wildman–Crippen LogP) is 1.86. The zero-order valence-electron chi connectivity index (χ0n) is 16.5. The van der Waals surface area contributed by atoms with Crippen LogP contribution in [-0.2, 0) is 21.1 Å². The number of aliphatic imine (C=N–C) groups is 1. The van der Waals surface area contributed by atoms with Gasteiger partial charge in [0.2, 0.25) is 5.91 Å². The molecular formula is C19H31IN4O3S. The Morgan fingerprint density at radius 2 is 1.75 bits per heavy atom. The number of carbonyl (C=O) groups is 1. The van der Waals surface area contributed by atoms with Crippen molar-refractivity contribution in [3.8, 4) is 0 Å². The Kier molecular flexibility index (Phi) is 10.8. The first-order chi connectivity index (χ1) is 12.9. The number of halogens is 1. The van der Waals surface area contributed by atoms with Crippen LogP contribution < -0.4 is 16.0 Å². The zero-order valence-corrected chi connectivity index (χ0v) is 19.7. The number of hydrogen-bond donors (Lipinski definition) is 3. The summed E-state index contributed by atoms with van der Waals surface area (Å²) < 4.78 is 22.9. The Bertz CT molecular complexity index is 745. The van der Waals surface area contributed by atoms with Crippen LogP contribution in [0.15, 0.2) is 34.2 Å². The number of carbonyl (C=O) groups excluding carboxylic acids is 1. The third kappa shape index (κ3) is 8.76. The molecule has 9 heteroatoms. The Morgan fingerprint density at radius 1 is 1.11 bits per heavy atom. The summed E-state index contributed by atoms with van der Waals surface area (Å²) in [5, 5.41) is 9.25. The standard InChI is InChI=1S/C19H30N4O3S.HI/c1-20-19(22-14-18(24)23-16-6-4-3-5-7-16)21-13-12-15-8-10-17(11-9-15)27(2,25)26;/h8-11,16H,3-7,12-14H2,1-2H3,(H,23,24)(H2,20,21,22);1H. The minimum atomic E-state index is -3.17. The summed E-state index contributed by atoms with van der Waals surface area (Å²) in [6.45, 7) is 0.821. The first-order valence-electron chi connectivity index (χ1n) is 9.41. The molecule has 1 aromatic carbocycles. The number of benzene rings is 1. The second kappa shape index (κ2) is 12.3. The third-order valence-electron chi connectivity index (χ3n) is 4.67. The van der Waals surface area contributed by atoms with Gasteiger partial charge in [0.15, 0.2) is 15.8 Å². The van der Waals surface area contributed by atoms with E-state index >= 15 is 0 Å². The molecule has 1 aliphatic rings. The Balaban J connectivity index is 0.00000392. The maximum absolute atomic E-state index is 12.0. The summed E-state index contributed by atoms with van der Waals surface area (Å²) >= 11 is 0. The molecule has 3 N–H and O–H groups in total. The largest absolute Gasteiger partial charge is 0.356 e. The van der Waals surface area contributed by atoms with Crippen molar-refractivity contribution in [1.29, 1.82) is 0 Å². The minimum absolute atomic E-state index is 0. The maximum atomic E-state index is 12.0. The smallest absolute Gasteiger partial charge is 0.239 e. The van der Waals surface area contributed by atoms with Gasteiger partial charge in [0, 0.05) is 25.9 Å². The van der Waals surface area contributed by atoms with Crippen molar-refractivity contribution >= 4 is 45.7 Å². The zero-order chi connectivity index (χ0) is 19.7. The van der Waals surface area contributed by atoms with Gasteiger partial charge in [0.1, 0.15) is 0 Å². The van der Waals surface area contributed by atoms with E-state index in [0.29, 0.717) is 23.4 Å². The van der Waals surface area contributed by atoms with E-state index in [9.17, 15) is 13.2 Å². The molecule has 7 nitrogen and oxygen atoms in total. The van der Waals surface area contributed by atoms with Crippen molar-refractivity contribution in [3.63, 3.8) is 0 Å². The predicted molar refractivity (Wildman–Crippen MR) is 123 cm³/mol. The topological polar surface area (TPSA) is 99.7 Å². The molecule has 0 bridgehead atoms. The van der Waals surface area contributed by atoms with E-state index in [2.05, 4.69) is 20.9 Å². The molecule has 0 radical (unpaired) electrons. The lowest BCUT2D eigenvalue weighted by molar-refractivity contribution is -0.120. The monoisotopic (exact) mass is 522 g/mol. The van der Waals surface area contributed by atoms with Crippen molar-refractivity contribution in [2.75, 3.05) is 26.4 Å². The second-order valence-corrected chi connectivity index (χ2v) is 8.94. The summed E-state index contributed by atoms with van der Waals surface area (Å²) in [4.78, 5) is 16.5. The van der Waals surface area contributed by atoms with Crippen LogP contribution in [0.4, 0.5) is 0 Å². The van der Waals surface area contributed by atoms with E-state index in [1.54, 1.807) is 19.2 Å². The van der Waals surface area contributed by atoms with Gasteiger partial charge >= 0.3 is 0 Å². The van der Waals surface area contributed by atoms with Crippen LogP contribution in [0, 0.1) is 0 Å². The van der Waals surface area contributed by atoms with Gasteiger partial charge in [-0.3, -0.25) is 9.79 Å². The molecule has 2 rings (SSSR count). The van der Waals surface area contributed by atoms with Crippen LogP contribution in [0.1, 0.15) is 37.7 Å². The van der Waals surface area contributed by atoms with Crippen molar-refractivity contribution in [3.05, 3.63) is 29.8 Å². The number of nitrogens with zero attached hydrogens (tertiary/aromatic N) is 1. The van der Waals surface area contributed by atoms with Gasteiger partial charge in [-0.2, -0.15) is 0 Å². The minimum Gasteiger partial charge on any atom is -0.356 e. The summed E-state index contributed by atoms with van der Waals surface area (Å²) in [6.07, 6.45) is 7.69. The molecule has 0 spiro atoms. The molecule has 1 fully saturated rings. The number of nitrogens with one attached hydrogen (secondary N) is 3. The molecule has 1 saturated carbocycles. The van der Waals surface area contributed by atoms with Crippen LogP contribution >= 0.6 is 24.0 Å². The fourth-order valence-electron chi connectivity index (χ4n) is 3.14. The third-order valence-corrected chi connectivity index (χ3v) is 5.80. The highest BCUT2D eigenvalue weighted by Crippen LogP contribution is 2.17. The quantitative estimate of drug-likeness (QED) is 0.289.